The zero-order chi connectivity index (χ0) is 80.3. The van der Waals surface area contributed by atoms with E-state index in [0.29, 0.717) is 18.3 Å². The number of urea groups is 1. The van der Waals surface area contributed by atoms with E-state index in [1.165, 1.54) is 55.6 Å². The van der Waals surface area contributed by atoms with Gasteiger partial charge in [-0.05, 0) is 170 Å². The van der Waals surface area contributed by atoms with E-state index in [0.717, 1.165) is 94.5 Å². The molecule has 1 saturated heterocycles. The second-order valence-electron chi connectivity index (χ2n) is 31.4. The molecule has 14 atom stereocenters. The highest BCUT2D eigenvalue weighted by molar-refractivity contribution is 6.32. The number of nitrogens with two attached hydrogens (primary N) is 1. The summed E-state index contributed by atoms with van der Waals surface area (Å²) in [6, 6.07) is 5.45. The largest absolute Gasteiger partial charge is 0.508 e. The van der Waals surface area contributed by atoms with Crippen LogP contribution in [0.2, 0.25) is 10.0 Å². The lowest BCUT2D eigenvalue weighted by Crippen LogP contribution is -2.60. The normalized spacial score (nSPS) is 28.5. The van der Waals surface area contributed by atoms with E-state index in [1.54, 1.807) is 0 Å². The Morgan fingerprint density at radius 1 is 0.652 bits per heavy atom. The van der Waals surface area contributed by atoms with Gasteiger partial charge in [-0.3, -0.25) is 43.7 Å². The number of carbonyl (C=O) groups excluding carboxylic acids is 9. The number of halogens is 2. The molecule has 112 heavy (non-hydrogen) atoms. The number of amides is 7. The number of carbonyl (C=O) groups is 9. The number of aliphatic hydroxyl groups excluding tert-OH is 5. The molecule has 602 valence electrons. The van der Waals surface area contributed by atoms with Crippen LogP contribution in [-0.4, -0.2) is 163 Å². The Morgan fingerprint density at radius 2 is 1.29 bits per heavy atom. The zero-order valence-corrected chi connectivity index (χ0v) is 64.0. The number of nitrogens with one attached hydrogen (secondary N) is 7. The van der Waals surface area contributed by atoms with Gasteiger partial charge in [0, 0.05) is 56.0 Å². The molecule has 4 aliphatic carbocycles. The van der Waals surface area contributed by atoms with Gasteiger partial charge in [0.2, 0.25) is 41.6 Å². The minimum absolute atomic E-state index is 0.0600. The molecule has 17 N–H and O–H groups in total. The summed E-state index contributed by atoms with van der Waals surface area (Å²) in [4.78, 5) is 137. The minimum Gasteiger partial charge on any atom is -0.508 e. The fraction of sp³-hybridized carbons (Fsp3) is 0.519. The smallest absolute Gasteiger partial charge is 0.321 e. The quantitative estimate of drug-likeness (QED) is 0.0336. The van der Waals surface area contributed by atoms with Crippen LogP contribution < -0.4 is 57.2 Å². The van der Waals surface area contributed by atoms with Crippen molar-refractivity contribution in [1.29, 1.82) is 0 Å². The Kier molecular flexibility index (Phi) is 26.2. The number of Topliss-reactive ketones (excluding diaryl/α,β-unsaturated/α-hetero) is 3. The number of hydrogen-bond donors (Lipinski definition) is 16. The second-order valence-corrected chi connectivity index (χ2v) is 32.2. The topological polar surface area (TPSA) is 463 Å². The first-order chi connectivity index (χ1) is 53.5. The molecule has 15 bridgehead atoms. The molecule has 0 spiro atoms. The maximum Gasteiger partial charge on any atom is 0.321 e. The van der Waals surface area contributed by atoms with Crippen molar-refractivity contribution in [1.82, 2.24) is 37.2 Å². The molecular weight excluding hydrogens is 1490 g/mol. The summed E-state index contributed by atoms with van der Waals surface area (Å²) in [5, 5.41) is 113. The van der Waals surface area contributed by atoms with Crippen LogP contribution >= 0.6 is 23.2 Å². The van der Waals surface area contributed by atoms with E-state index in [4.69, 9.17) is 47.9 Å². The first-order valence-corrected chi connectivity index (χ1v) is 39.2. The number of benzene rings is 5. The van der Waals surface area contributed by atoms with E-state index in [9.17, 15) is 55.2 Å². The van der Waals surface area contributed by atoms with Crippen molar-refractivity contribution in [3.05, 3.63) is 117 Å². The summed E-state index contributed by atoms with van der Waals surface area (Å²) in [6.45, 7) is 5.49. The van der Waals surface area contributed by atoms with Crippen molar-refractivity contribution in [2.75, 3.05) is 20.1 Å². The highest BCUT2D eigenvalue weighted by Crippen LogP contribution is 2.58. The fourth-order valence-electron chi connectivity index (χ4n) is 17.4. The third-order valence-corrected chi connectivity index (χ3v) is 23.6. The number of hydrogen-bond acceptors (Lipinski definition) is 23. The molecule has 31 heteroatoms. The third-order valence-electron chi connectivity index (χ3n) is 23.0. The van der Waals surface area contributed by atoms with Crippen LogP contribution in [0.3, 0.4) is 0 Å². The molecule has 0 radical (unpaired) electrons. The lowest BCUT2D eigenvalue weighted by molar-refractivity contribution is -0.270. The number of rotatable bonds is 20. The Hall–Kier alpha value is -9.01. The number of phenolic OH excluding ortho intramolecular Hbond substituents is 3. The summed E-state index contributed by atoms with van der Waals surface area (Å²) in [6.07, 6.45) is -6.18. The molecule has 6 heterocycles. The summed E-state index contributed by atoms with van der Waals surface area (Å²) in [5.74, 6) is -14.9. The van der Waals surface area contributed by atoms with Crippen LogP contribution in [-0.2, 0) is 43.1 Å². The van der Waals surface area contributed by atoms with Gasteiger partial charge in [-0.2, -0.15) is 0 Å². The van der Waals surface area contributed by atoms with Crippen molar-refractivity contribution in [2.45, 2.75) is 203 Å². The molecule has 5 aromatic carbocycles. The van der Waals surface area contributed by atoms with Crippen molar-refractivity contribution < 1.29 is 103 Å². The summed E-state index contributed by atoms with van der Waals surface area (Å²) < 4.78 is 25.7. The number of phenols is 3. The average Bonchev–Trinajstić information content (AvgIpc) is 0.732. The van der Waals surface area contributed by atoms with E-state index in [2.05, 4.69) is 44.1 Å². The predicted molar refractivity (Wildman–Crippen MR) is 406 cm³/mol. The minimum atomic E-state index is -2.18. The maximum atomic E-state index is 16.5. The highest BCUT2D eigenvalue weighted by atomic mass is 35.5. The molecular formula is C81H98Cl2N8O21. The molecule has 7 amide bonds. The van der Waals surface area contributed by atoms with Gasteiger partial charge in [-0.15, -0.1) is 0 Å². The Morgan fingerprint density at radius 3 is 1.91 bits per heavy atom. The first-order valence-electron chi connectivity index (χ1n) is 38.5. The van der Waals surface area contributed by atoms with Crippen molar-refractivity contribution >= 4 is 76.1 Å². The number of fused-ring (bicyclic) bond motifs is 15. The molecule has 4 saturated carbocycles. The molecule has 29 nitrogen and oxygen atoms in total. The highest BCUT2D eigenvalue weighted by Gasteiger charge is 2.51. The lowest BCUT2D eigenvalue weighted by Gasteiger charge is -2.54. The van der Waals surface area contributed by atoms with Crippen molar-refractivity contribution in [2.24, 2.45) is 47.2 Å². The zero-order valence-electron chi connectivity index (χ0n) is 62.5. The number of likely N-dealkylation sites (N-methyl/N-ethyl adjacent to an activating group) is 1. The fourth-order valence-corrected chi connectivity index (χ4v) is 17.8. The number of ketones is 3. The van der Waals surface area contributed by atoms with Crippen LogP contribution in [0.4, 0.5) is 4.79 Å². The van der Waals surface area contributed by atoms with Crippen molar-refractivity contribution in [3.8, 4) is 57.1 Å². The van der Waals surface area contributed by atoms with Crippen LogP contribution in [0.25, 0.3) is 11.1 Å². The summed E-state index contributed by atoms with van der Waals surface area (Å²) in [7, 11) is 1.51. The van der Waals surface area contributed by atoms with Gasteiger partial charge in [0.15, 0.2) is 28.8 Å². The Bertz CT molecular complexity index is 4380. The molecule has 10 aliphatic rings. The van der Waals surface area contributed by atoms with Crippen LogP contribution in [0.5, 0.6) is 46.0 Å². The molecule has 0 aromatic heterocycles. The average molecular weight is 1590 g/mol. The maximum absolute atomic E-state index is 16.5. The van der Waals surface area contributed by atoms with Gasteiger partial charge in [0.1, 0.15) is 89.5 Å². The number of aromatic hydroxyl groups is 3. The van der Waals surface area contributed by atoms with E-state index in [-0.39, 0.29) is 104 Å². The summed E-state index contributed by atoms with van der Waals surface area (Å²) in [5.41, 5.74) is 4.52. The molecule has 5 unspecified atom stereocenters. The number of imide groups is 1. The Balaban J connectivity index is 1.04. The van der Waals surface area contributed by atoms with Gasteiger partial charge in [-0.1, -0.05) is 94.3 Å². The molecule has 5 aromatic rings. The standard InChI is InChI=1S/C81H98Cl2N8O21/c1-5-6-7-8-9-10-17-86-81(108)87-64(98)30-45-27-56(95)68(90-78(106)53(85-4)18-36(2)3)70(99)40-12-15-59(51(82)25-40)109-61-28-44-29-62(75(61)112-80-74(103)73(102)72(101)63(35-84)111-80)110-60-16-13-41(26-52(60)83)71(100)69-79(107)89-67(58(97)33-47-42-20-37-19-38(22-42)23-43(47)21-37)50-31-46(92)32-55(94)65(50)49-24-39(11-14-54(49)93)48(77(105)91-69)34-57(96)66(44)88-76(45)104/h11-16,24-26,28-29,31-32,36-38,42-43,45,47-48,53,63,66-74,80,85,92-94,99-103H,5-10,17-23,27,30,33-35,84H2,1-4H3,(H,88,104)(H,89,107)(H,90,106)(H,91,105)(H2,86,87,98,108)/t37?,38?,42?,43?,45-,47?,48+,53+,63?,66+,67-,68-,69-,70+,71+,72?,73?,74?,80?/m0/s1. The van der Waals surface area contributed by atoms with E-state index in [1.807, 2.05) is 13.8 Å². The molecule has 15 rings (SSSR count). The van der Waals surface area contributed by atoms with Gasteiger partial charge < -0.3 is 97.4 Å². The van der Waals surface area contributed by atoms with Gasteiger partial charge in [0.25, 0.3) is 0 Å². The monoisotopic (exact) mass is 1590 g/mol. The van der Waals surface area contributed by atoms with Gasteiger partial charge in [0.05, 0.1) is 27.9 Å². The lowest BCUT2D eigenvalue weighted by atomic mass is 9.51. The predicted octanol–water partition coefficient (Wildman–Crippen LogP) is 7.46. The van der Waals surface area contributed by atoms with E-state index < -0.39 is 198 Å². The van der Waals surface area contributed by atoms with Crippen LogP contribution in [0, 0.1) is 41.4 Å². The number of unbranched alkanes of at least 4 members (excludes halogenated alkanes) is 5. The first kappa shape index (κ1) is 82.4. The van der Waals surface area contributed by atoms with Crippen molar-refractivity contribution in [3.63, 3.8) is 0 Å². The van der Waals surface area contributed by atoms with Crippen LogP contribution in [0.15, 0.2) is 78.9 Å². The number of aliphatic hydroxyl groups is 5. The SMILES string of the molecule is CCCCCCCCNC(=O)NC(=O)C[C@@H]1CC(=O)[C@H](NC(=O)[C@@H](CC(C)C)NC)[C@H](O)c2ccc(c(Cl)c2)Oc2cc3cc(c2OC2OC(CN)C(O)C(O)C2O)Oc2ccc(cc2Cl)[C@@H](O)[C@@H]2NC(=O)[C@H](CC(=O)[C@@H]3NC1=O)c1ccc(O)c(c1)-c1c(O)cc(O)cc1[C@@H](C(=O)CC1C3CC4CC(C3)CC1C4)NC2=O. The van der Waals surface area contributed by atoms with Gasteiger partial charge in [-0.25, -0.2) is 4.79 Å². The summed E-state index contributed by atoms with van der Waals surface area (Å²) >= 11 is 14.3. The number of ether oxygens (including phenoxy) is 4. The van der Waals surface area contributed by atoms with Crippen LogP contribution in [0.1, 0.15) is 182 Å². The molecule has 6 aliphatic heterocycles. The Labute approximate surface area is 656 Å². The van der Waals surface area contributed by atoms with Gasteiger partial charge >= 0.3 is 6.03 Å². The third kappa shape index (κ3) is 18.3. The second kappa shape index (κ2) is 35.6. The van der Waals surface area contributed by atoms with E-state index >= 15 is 28.8 Å². The molecule has 5 fully saturated rings.